The zero-order chi connectivity index (χ0) is 17.3. The van der Waals surface area contributed by atoms with Crippen molar-refractivity contribution in [3.05, 3.63) is 64.8 Å². The second-order valence-corrected chi connectivity index (χ2v) is 6.24. The molecule has 0 aliphatic heterocycles. The molecular formula is C16H11F3N2O2S. The van der Waals surface area contributed by atoms with Gasteiger partial charge in [0.1, 0.15) is 0 Å². The molecular weight excluding hydrogens is 341 g/mol. The van der Waals surface area contributed by atoms with Gasteiger partial charge in [0.05, 0.1) is 23.9 Å². The van der Waals surface area contributed by atoms with Gasteiger partial charge in [-0.1, -0.05) is 12.1 Å². The summed E-state index contributed by atoms with van der Waals surface area (Å²) in [5.74, 6) is -1.06. The monoisotopic (exact) mass is 352 g/mol. The van der Waals surface area contributed by atoms with Gasteiger partial charge in [-0.25, -0.2) is 4.79 Å². The predicted octanol–water partition coefficient (Wildman–Crippen LogP) is 4.38. The molecule has 0 unspecified atom stereocenters. The van der Waals surface area contributed by atoms with Crippen LogP contribution >= 0.6 is 11.3 Å². The van der Waals surface area contributed by atoms with Gasteiger partial charge >= 0.3 is 12.1 Å². The minimum atomic E-state index is -4.38. The zero-order valence-electron chi connectivity index (χ0n) is 12.1. The summed E-state index contributed by atoms with van der Waals surface area (Å²) in [7, 11) is 0. The summed E-state index contributed by atoms with van der Waals surface area (Å²) in [6.45, 7) is 0.358. The molecule has 4 nitrogen and oxygen atoms in total. The summed E-state index contributed by atoms with van der Waals surface area (Å²) >= 11 is 1.34. The van der Waals surface area contributed by atoms with Crippen molar-refractivity contribution in [2.45, 2.75) is 12.7 Å². The summed E-state index contributed by atoms with van der Waals surface area (Å²) in [5, 5.41) is 12.8. The molecule has 124 valence electrons. The first-order chi connectivity index (χ1) is 11.3. The zero-order valence-corrected chi connectivity index (χ0v) is 12.9. The molecule has 0 amide bonds. The Balaban J connectivity index is 1.81. The van der Waals surface area contributed by atoms with Gasteiger partial charge in [-0.3, -0.25) is 4.68 Å². The fourth-order valence-electron chi connectivity index (χ4n) is 2.19. The number of aromatic nitrogens is 2. The largest absolute Gasteiger partial charge is 0.478 e. The Kier molecular flexibility index (Phi) is 4.15. The minimum Gasteiger partial charge on any atom is -0.478 e. The molecule has 1 N–H and O–H groups in total. The van der Waals surface area contributed by atoms with E-state index in [1.54, 1.807) is 18.2 Å². The highest BCUT2D eigenvalue weighted by atomic mass is 32.1. The van der Waals surface area contributed by atoms with E-state index in [1.165, 1.54) is 34.5 Å². The van der Waals surface area contributed by atoms with E-state index in [2.05, 4.69) is 5.10 Å². The van der Waals surface area contributed by atoms with E-state index >= 15 is 0 Å². The van der Waals surface area contributed by atoms with Crippen LogP contribution in [0.2, 0.25) is 0 Å². The normalized spacial score (nSPS) is 11.6. The lowest BCUT2D eigenvalue weighted by atomic mass is 10.1. The Bertz CT molecular complexity index is 883. The molecule has 8 heteroatoms. The van der Waals surface area contributed by atoms with Crippen molar-refractivity contribution in [3.8, 4) is 10.4 Å². The maximum Gasteiger partial charge on any atom is 0.416 e. The van der Waals surface area contributed by atoms with Crippen molar-refractivity contribution in [1.29, 1.82) is 0 Å². The number of halogens is 3. The summed E-state index contributed by atoms with van der Waals surface area (Å²) in [4.78, 5) is 12.4. The Morgan fingerprint density at radius 3 is 2.71 bits per heavy atom. The van der Waals surface area contributed by atoms with Crippen molar-refractivity contribution in [2.24, 2.45) is 0 Å². The van der Waals surface area contributed by atoms with Crippen molar-refractivity contribution < 1.29 is 23.1 Å². The van der Waals surface area contributed by atoms with Crippen molar-refractivity contribution in [2.75, 3.05) is 0 Å². The van der Waals surface area contributed by atoms with E-state index in [9.17, 15) is 18.0 Å². The first-order valence-corrected chi connectivity index (χ1v) is 7.67. The molecule has 0 aliphatic carbocycles. The number of hydrogen-bond donors (Lipinski definition) is 1. The van der Waals surface area contributed by atoms with E-state index in [0.29, 0.717) is 17.0 Å². The van der Waals surface area contributed by atoms with Gasteiger partial charge in [-0.05, 0) is 29.8 Å². The SMILES string of the molecule is O=C(O)c1cnn(Cc2ccc(-c3cccc(C(F)(F)F)c3)s2)c1. The van der Waals surface area contributed by atoms with Crippen LogP contribution in [0.3, 0.4) is 0 Å². The van der Waals surface area contributed by atoms with Gasteiger partial charge in [0.15, 0.2) is 0 Å². The second-order valence-electron chi connectivity index (χ2n) is 5.08. The third kappa shape index (κ3) is 3.48. The standard InChI is InChI=1S/C16H11F3N2O2S/c17-16(18,19)12-3-1-2-10(6-12)14-5-4-13(24-14)9-21-8-11(7-20-21)15(22)23/h1-8H,9H2,(H,22,23). The first kappa shape index (κ1) is 16.3. The van der Waals surface area contributed by atoms with Gasteiger partial charge in [-0.2, -0.15) is 18.3 Å². The van der Waals surface area contributed by atoms with E-state index in [4.69, 9.17) is 5.11 Å². The molecule has 0 fully saturated rings. The molecule has 0 spiro atoms. The van der Waals surface area contributed by atoms with Crippen molar-refractivity contribution >= 4 is 17.3 Å². The molecule has 2 aromatic heterocycles. The lowest BCUT2D eigenvalue weighted by Crippen LogP contribution is -2.04. The number of thiophene rings is 1. The average Bonchev–Trinajstić information content (AvgIpc) is 3.16. The number of carbonyl (C=O) groups is 1. The number of carboxylic acid groups (broad SMARTS) is 1. The quantitative estimate of drug-likeness (QED) is 0.758. The molecule has 0 saturated heterocycles. The molecule has 0 aliphatic rings. The summed E-state index contributed by atoms with van der Waals surface area (Å²) in [6.07, 6.45) is -1.71. The Morgan fingerprint density at radius 1 is 1.25 bits per heavy atom. The molecule has 0 atom stereocenters. The molecule has 0 saturated carbocycles. The topological polar surface area (TPSA) is 55.1 Å². The number of carboxylic acids is 1. The predicted molar refractivity (Wildman–Crippen MR) is 83.0 cm³/mol. The van der Waals surface area contributed by atoms with Crippen LogP contribution in [0.1, 0.15) is 20.8 Å². The van der Waals surface area contributed by atoms with E-state index in [0.717, 1.165) is 17.0 Å². The van der Waals surface area contributed by atoms with Crippen molar-refractivity contribution in [1.82, 2.24) is 9.78 Å². The summed E-state index contributed by atoms with van der Waals surface area (Å²) < 4.78 is 39.8. The molecule has 3 aromatic rings. The number of aromatic carboxylic acids is 1. The number of benzene rings is 1. The minimum absolute atomic E-state index is 0.0876. The van der Waals surface area contributed by atoms with Crippen molar-refractivity contribution in [3.63, 3.8) is 0 Å². The summed E-state index contributed by atoms with van der Waals surface area (Å²) in [5.41, 5.74) is -0.106. The Morgan fingerprint density at radius 2 is 2.04 bits per heavy atom. The summed E-state index contributed by atoms with van der Waals surface area (Å²) in [6, 6.07) is 8.70. The third-order valence-corrected chi connectivity index (χ3v) is 4.45. The highest BCUT2D eigenvalue weighted by Crippen LogP contribution is 2.34. The van der Waals surface area contributed by atoms with E-state index < -0.39 is 17.7 Å². The van der Waals surface area contributed by atoms with Crippen LogP contribution in [-0.2, 0) is 12.7 Å². The maximum absolute atomic E-state index is 12.8. The Hall–Kier alpha value is -2.61. The molecule has 0 radical (unpaired) electrons. The Labute approximate surface area is 138 Å². The van der Waals surface area contributed by atoms with Gasteiger partial charge in [-0.15, -0.1) is 11.3 Å². The van der Waals surface area contributed by atoms with Gasteiger partial charge in [0, 0.05) is 16.0 Å². The van der Waals surface area contributed by atoms with Crippen LogP contribution < -0.4 is 0 Å². The van der Waals surface area contributed by atoms with E-state index in [-0.39, 0.29) is 5.56 Å². The smallest absolute Gasteiger partial charge is 0.416 e. The molecule has 0 bridgehead atoms. The lowest BCUT2D eigenvalue weighted by Gasteiger charge is -2.07. The number of nitrogens with zero attached hydrogens (tertiary/aromatic N) is 2. The van der Waals surface area contributed by atoms with Crippen LogP contribution in [0, 0.1) is 0 Å². The molecule has 24 heavy (non-hydrogen) atoms. The van der Waals surface area contributed by atoms with Crippen LogP contribution in [0.15, 0.2) is 48.8 Å². The highest BCUT2D eigenvalue weighted by molar-refractivity contribution is 7.15. The molecule has 2 heterocycles. The fraction of sp³-hybridized carbons (Fsp3) is 0.125. The fourth-order valence-corrected chi connectivity index (χ4v) is 3.18. The van der Waals surface area contributed by atoms with Gasteiger partial charge in [0.25, 0.3) is 0 Å². The van der Waals surface area contributed by atoms with Gasteiger partial charge < -0.3 is 5.11 Å². The second kappa shape index (κ2) is 6.12. The molecule has 1 aromatic carbocycles. The highest BCUT2D eigenvalue weighted by Gasteiger charge is 2.30. The lowest BCUT2D eigenvalue weighted by molar-refractivity contribution is -0.137. The maximum atomic E-state index is 12.8. The van der Waals surface area contributed by atoms with Gasteiger partial charge in [0.2, 0.25) is 0 Å². The third-order valence-electron chi connectivity index (χ3n) is 3.33. The molecule has 3 rings (SSSR count). The van der Waals surface area contributed by atoms with Crippen LogP contribution in [0.5, 0.6) is 0 Å². The van der Waals surface area contributed by atoms with Crippen LogP contribution in [0.4, 0.5) is 13.2 Å². The van der Waals surface area contributed by atoms with Crippen LogP contribution in [0.25, 0.3) is 10.4 Å². The van der Waals surface area contributed by atoms with E-state index in [1.807, 2.05) is 0 Å². The number of hydrogen-bond acceptors (Lipinski definition) is 3. The first-order valence-electron chi connectivity index (χ1n) is 6.85. The van der Waals surface area contributed by atoms with Crippen LogP contribution in [-0.4, -0.2) is 20.9 Å². The average molecular weight is 352 g/mol. The number of rotatable bonds is 4. The number of alkyl halides is 3.